The number of carbonyl (C=O) groups is 2. The number of hydrogen-bond acceptors (Lipinski definition) is 4. The molecule has 13 heavy (non-hydrogen) atoms. The molecular formula is C8H15NO4. The second-order valence-corrected chi connectivity index (χ2v) is 2.59. The van der Waals surface area contributed by atoms with Crippen molar-refractivity contribution in [2.24, 2.45) is 0 Å². The topological polar surface area (TPSA) is 55.8 Å². The fourth-order valence-electron chi connectivity index (χ4n) is 0.765. The fraction of sp³-hybridized carbons (Fsp3) is 0.750. The minimum Gasteiger partial charge on any atom is -0.466 e. The van der Waals surface area contributed by atoms with Crippen molar-refractivity contribution < 1.29 is 19.1 Å². The Balaban J connectivity index is 3.42. The summed E-state index contributed by atoms with van der Waals surface area (Å²) < 4.78 is 9.16. The van der Waals surface area contributed by atoms with Gasteiger partial charge in [0.05, 0.1) is 13.7 Å². The van der Waals surface area contributed by atoms with Gasteiger partial charge in [0, 0.05) is 20.5 Å². The number of carbonyl (C=O) groups excluding carboxylic acids is 2. The standard InChI is InChI=1S/C8H15NO4/c1-7(10)13-6-4-5-9(2)8(11)12-3/h4-6H2,1-3H3. The zero-order valence-corrected chi connectivity index (χ0v) is 8.20. The maximum absolute atomic E-state index is 10.8. The maximum Gasteiger partial charge on any atom is 0.409 e. The van der Waals surface area contributed by atoms with Crippen molar-refractivity contribution in [3.05, 3.63) is 0 Å². The minimum atomic E-state index is -0.386. The van der Waals surface area contributed by atoms with Crippen molar-refractivity contribution in [2.45, 2.75) is 13.3 Å². The molecule has 1 amide bonds. The van der Waals surface area contributed by atoms with Crippen LogP contribution in [0.15, 0.2) is 0 Å². The summed E-state index contributed by atoms with van der Waals surface area (Å²) in [5, 5.41) is 0. The molecule has 0 aliphatic heterocycles. The predicted octanol–water partition coefficient (Wildman–Crippen LogP) is 0.638. The predicted molar refractivity (Wildman–Crippen MR) is 46.3 cm³/mol. The van der Waals surface area contributed by atoms with Gasteiger partial charge in [0.25, 0.3) is 0 Å². The molecule has 0 fully saturated rings. The van der Waals surface area contributed by atoms with E-state index in [2.05, 4.69) is 9.47 Å². The molecule has 5 heteroatoms. The summed E-state index contributed by atoms with van der Waals surface area (Å²) in [5.74, 6) is -0.305. The van der Waals surface area contributed by atoms with Gasteiger partial charge in [0.15, 0.2) is 0 Å². The highest BCUT2D eigenvalue weighted by Gasteiger charge is 2.06. The van der Waals surface area contributed by atoms with E-state index in [0.717, 1.165) is 0 Å². The molecule has 0 saturated carbocycles. The van der Waals surface area contributed by atoms with E-state index in [1.54, 1.807) is 7.05 Å². The summed E-state index contributed by atoms with van der Waals surface area (Å²) in [6.07, 6.45) is 0.230. The van der Waals surface area contributed by atoms with Crippen LogP contribution in [0.3, 0.4) is 0 Å². The number of amides is 1. The molecule has 0 N–H and O–H groups in total. The lowest BCUT2D eigenvalue weighted by Crippen LogP contribution is -2.28. The van der Waals surface area contributed by atoms with Gasteiger partial charge in [-0.2, -0.15) is 0 Å². The van der Waals surface area contributed by atoms with Crippen LogP contribution >= 0.6 is 0 Å². The highest BCUT2D eigenvalue weighted by molar-refractivity contribution is 5.67. The van der Waals surface area contributed by atoms with Gasteiger partial charge in [-0.15, -0.1) is 0 Å². The Labute approximate surface area is 77.6 Å². The van der Waals surface area contributed by atoms with Gasteiger partial charge in [-0.25, -0.2) is 4.79 Å². The average molecular weight is 189 g/mol. The molecule has 0 saturated heterocycles. The minimum absolute atomic E-state index is 0.305. The summed E-state index contributed by atoms with van der Waals surface area (Å²) in [6.45, 7) is 2.20. The van der Waals surface area contributed by atoms with Crippen molar-refractivity contribution in [3.8, 4) is 0 Å². The number of hydrogen-bond donors (Lipinski definition) is 0. The van der Waals surface area contributed by atoms with Gasteiger partial charge in [-0.1, -0.05) is 0 Å². The molecule has 0 radical (unpaired) electrons. The number of nitrogens with zero attached hydrogens (tertiary/aromatic N) is 1. The van der Waals surface area contributed by atoms with Gasteiger partial charge in [-0.05, 0) is 6.42 Å². The summed E-state index contributed by atoms with van der Waals surface area (Å²) in [4.78, 5) is 22.6. The van der Waals surface area contributed by atoms with Crippen LogP contribution in [0.5, 0.6) is 0 Å². The van der Waals surface area contributed by atoms with Crippen LogP contribution in [0.2, 0.25) is 0 Å². The molecule has 0 aliphatic carbocycles. The largest absolute Gasteiger partial charge is 0.466 e. The lowest BCUT2D eigenvalue weighted by molar-refractivity contribution is -0.141. The molecule has 0 heterocycles. The van der Waals surface area contributed by atoms with E-state index in [4.69, 9.17) is 0 Å². The Morgan fingerprint density at radius 2 is 2.00 bits per heavy atom. The molecule has 0 aliphatic rings. The van der Waals surface area contributed by atoms with Crippen molar-refractivity contribution in [1.29, 1.82) is 0 Å². The fourth-order valence-corrected chi connectivity index (χ4v) is 0.765. The van der Waals surface area contributed by atoms with Crippen molar-refractivity contribution in [1.82, 2.24) is 4.90 Å². The van der Waals surface area contributed by atoms with E-state index in [-0.39, 0.29) is 12.1 Å². The van der Waals surface area contributed by atoms with Crippen LogP contribution in [-0.4, -0.2) is 44.3 Å². The van der Waals surface area contributed by atoms with Gasteiger partial charge < -0.3 is 14.4 Å². The second-order valence-electron chi connectivity index (χ2n) is 2.59. The van der Waals surface area contributed by atoms with Crippen LogP contribution in [0, 0.1) is 0 Å². The Kier molecular flexibility index (Phi) is 5.67. The molecule has 0 spiro atoms. The summed E-state index contributed by atoms with van der Waals surface area (Å²) in [7, 11) is 2.95. The molecule has 0 bridgehead atoms. The first-order chi connectivity index (χ1) is 6.07. The van der Waals surface area contributed by atoms with Crippen molar-refractivity contribution in [3.63, 3.8) is 0 Å². The first-order valence-corrected chi connectivity index (χ1v) is 4.00. The highest BCUT2D eigenvalue weighted by Crippen LogP contribution is 1.92. The second kappa shape index (κ2) is 6.28. The molecule has 0 aromatic carbocycles. The van der Waals surface area contributed by atoms with Crippen molar-refractivity contribution >= 4 is 12.1 Å². The van der Waals surface area contributed by atoms with Gasteiger partial charge >= 0.3 is 12.1 Å². The normalized spacial score (nSPS) is 9.15. The van der Waals surface area contributed by atoms with Gasteiger partial charge in [-0.3, -0.25) is 4.79 Å². The van der Waals surface area contributed by atoms with Crippen LogP contribution in [0.1, 0.15) is 13.3 Å². The summed E-state index contributed by atoms with van der Waals surface area (Å²) >= 11 is 0. The summed E-state index contributed by atoms with van der Waals surface area (Å²) in [6, 6.07) is 0. The van der Waals surface area contributed by atoms with E-state index in [1.165, 1.54) is 18.9 Å². The third-order valence-electron chi connectivity index (χ3n) is 1.43. The van der Waals surface area contributed by atoms with Crippen LogP contribution in [0.25, 0.3) is 0 Å². The van der Waals surface area contributed by atoms with Gasteiger partial charge in [0.1, 0.15) is 0 Å². The van der Waals surface area contributed by atoms with E-state index < -0.39 is 0 Å². The lowest BCUT2D eigenvalue weighted by atomic mass is 10.4. The number of rotatable bonds is 4. The number of esters is 1. The van der Waals surface area contributed by atoms with E-state index in [1.807, 2.05) is 0 Å². The Bertz CT molecular complexity index is 181. The van der Waals surface area contributed by atoms with Crippen LogP contribution in [-0.2, 0) is 14.3 Å². The Morgan fingerprint density at radius 1 is 1.38 bits per heavy atom. The number of methoxy groups -OCH3 is 1. The first kappa shape index (κ1) is 11.7. The lowest BCUT2D eigenvalue weighted by Gasteiger charge is -2.14. The Hall–Kier alpha value is -1.26. The maximum atomic E-state index is 10.8. The molecule has 0 atom stereocenters. The monoisotopic (exact) mass is 189 g/mol. The van der Waals surface area contributed by atoms with E-state index in [9.17, 15) is 9.59 Å². The molecule has 5 nitrogen and oxygen atoms in total. The van der Waals surface area contributed by atoms with Crippen molar-refractivity contribution in [2.75, 3.05) is 27.3 Å². The molecule has 0 unspecified atom stereocenters. The Morgan fingerprint density at radius 3 is 2.46 bits per heavy atom. The zero-order chi connectivity index (χ0) is 10.3. The third-order valence-corrected chi connectivity index (χ3v) is 1.43. The molecule has 0 aromatic heterocycles. The van der Waals surface area contributed by atoms with E-state index in [0.29, 0.717) is 19.6 Å². The molecule has 0 aromatic rings. The smallest absolute Gasteiger partial charge is 0.409 e. The van der Waals surface area contributed by atoms with Crippen LogP contribution in [0.4, 0.5) is 4.79 Å². The molecule has 0 rings (SSSR count). The highest BCUT2D eigenvalue weighted by atomic mass is 16.5. The number of ether oxygens (including phenoxy) is 2. The quantitative estimate of drug-likeness (QED) is 0.481. The molecule has 76 valence electrons. The van der Waals surface area contributed by atoms with Gasteiger partial charge in [0.2, 0.25) is 0 Å². The zero-order valence-electron chi connectivity index (χ0n) is 8.20. The van der Waals surface area contributed by atoms with E-state index >= 15 is 0 Å². The molecular weight excluding hydrogens is 174 g/mol. The first-order valence-electron chi connectivity index (χ1n) is 4.00. The third kappa shape index (κ3) is 5.95. The summed E-state index contributed by atoms with van der Waals surface area (Å²) in [5.41, 5.74) is 0. The SMILES string of the molecule is COC(=O)N(C)CCCOC(C)=O. The average Bonchev–Trinajstić information content (AvgIpc) is 2.10. The van der Waals surface area contributed by atoms with Crippen LogP contribution < -0.4 is 0 Å².